The van der Waals surface area contributed by atoms with Gasteiger partial charge in [-0.3, -0.25) is 25.0 Å². The first-order valence-corrected chi connectivity index (χ1v) is 9.66. The Hall–Kier alpha value is -3.15. The maximum absolute atomic E-state index is 12.3. The first-order valence-electron chi connectivity index (χ1n) is 8.46. The van der Waals surface area contributed by atoms with Crippen molar-refractivity contribution in [3.05, 3.63) is 63.2 Å². The summed E-state index contributed by atoms with van der Waals surface area (Å²) in [6.07, 6.45) is 0.315. The normalized spacial score (nSPS) is 9.93. The zero-order valence-electron chi connectivity index (χ0n) is 15.5. The predicted molar refractivity (Wildman–Crippen MR) is 123 cm³/mol. The largest absolute Gasteiger partial charge is 0.332 e. The SMILES string of the molecule is CCC(=O)NC(=S)Nc1ccc(NC(=S)NC(=O)c2cc([N+](=O)[O-])ccc2Cl)cc1. The number of nitro groups is 1. The summed E-state index contributed by atoms with van der Waals surface area (Å²) in [6, 6.07) is 10.3. The van der Waals surface area contributed by atoms with E-state index >= 15 is 0 Å². The molecule has 4 N–H and O–H groups in total. The smallest absolute Gasteiger partial charge is 0.270 e. The summed E-state index contributed by atoms with van der Waals surface area (Å²) in [5, 5.41) is 21.7. The number of carbonyl (C=O) groups excluding carboxylic acids is 2. The Bertz CT molecular complexity index is 1010. The van der Waals surface area contributed by atoms with Crippen molar-refractivity contribution in [2.45, 2.75) is 13.3 Å². The molecule has 30 heavy (non-hydrogen) atoms. The zero-order chi connectivity index (χ0) is 22.3. The first kappa shape index (κ1) is 23.1. The molecule has 2 aromatic rings. The summed E-state index contributed by atoms with van der Waals surface area (Å²) >= 11 is 16.1. The molecule has 0 spiro atoms. The van der Waals surface area contributed by atoms with Crippen molar-refractivity contribution >= 4 is 75.1 Å². The van der Waals surface area contributed by atoms with E-state index in [-0.39, 0.29) is 32.4 Å². The van der Waals surface area contributed by atoms with Crippen molar-refractivity contribution in [1.29, 1.82) is 0 Å². The molecule has 0 atom stereocenters. The average molecular weight is 466 g/mol. The summed E-state index contributed by atoms with van der Waals surface area (Å²) in [4.78, 5) is 33.9. The van der Waals surface area contributed by atoms with Gasteiger partial charge in [0, 0.05) is 29.9 Å². The second kappa shape index (κ2) is 10.6. The number of benzene rings is 2. The van der Waals surface area contributed by atoms with Crippen LogP contribution in [0.5, 0.6) is 0 Å². The Morgan fingerprint density at radius 1 is 1.00 bits per heavy atom. The predicted octanol–water partition coefficient (Wildman–Crippen LogP) is 3.60. The van der Waals surface area contributed by atoms with Gasteiger partial charge in [-0.1, -0.05) is 18.5 Å². The summed E-state index contributed by atoms with van der Waals surface area (Å²) in [7, 11) is 0. The van der Waals surface area contributed by atoms with Gasteiger partial charge < -0.3 is 16.0 Å². The van der Waals surface area contributed by atoms with Crippen LogP contribution >= 0.6 is 36.0 Å². The van der Waals surface area contributed by atoms with Gasteiger partial charge in [-0.25, -0.2) is 0 Å². The molecule has 12 heteroatoms. The summed E-state index contributed by atoms with van der Waals surface area (Å²) in [6.45, 7) is 1.72. The summed E-state index contributed by atoms with van der Waals surface area (Å²) in [5.41, 5.74) is 0.872. The molecule has 0 unspecified atom stereocenters. The van der Waals surface area contributed by atoms with Gasteiger partial charge in [0.2, 0.25) is 5.91 Å². The van der Waals surface area contributed by atoms with E-state index in [9.17, 15) is 19.7 Å². The lowest BCUT2D eigenvalue weighted by Gasteiger charge is -2.12. The number of rotatable bonds is 5. The van der Waals surface area contributed by atoms with Gasteiger partial charge >= 0.3 is 0 Å². The number of carbonyl (C=O) groups is 2. The molecule has 0 saturated heterocycles. The Balaban J connectivity index is 1.96. The van der Waals surface area contributed by atoms with Gasteiger partial charge in [-0.2, -0.15) is 0 Å². The Morgan fingerprint density at radius 3 is 2.03 bits per heavy atom. The molecule has 0 aliphatic carbocycles. The number of halogens is 1. The van der Waals surface area contributed by atoms with E-state index in [0.717, 1.165) is 6.07 Å². The van der Waals surface area contributed by atoms with Crippen LogP contribution in [0.2, 0.25) is 5.02 Å². The van der Waals surface area contributed by atoms with Crippen molar-refractivity contribution in [3.8, 4) is 0 Å². The second-order valence-corrected chi connectivity index (χ2v) is 6.99. The molecule has 0 radical (unpaired) electrons. The average Bonchev–Trinajstić information content (AvgIpc) is 2.69. The fraction of sp³-hybridized carbons (Fsp3) is 0.111. The molecule has 0 heterocycles. The lowest BCUT2D eigenvalue weighted by molar-refractivity contribution is -0.384. The van der Waals surface area contributed by atoms with E-state index in [1.165, 1.54) is 12.1 Å². The number of nitro benzene ring substituents is 1. The van der Waals surface area contributed by atoms with Crippen molar-refractivity contribution in [2.75, 3.05) is 10.6 Å². The van der Waals surface area contributed by atoms with E-state index in [4.69, 9.17) is 36.0 Å². The van der Waals surface area contributed by atoms with E-state index < -0.39 is 10.8 Å². The maximum Gasteiger partial charge on any atom is 0.270 e. The Morgan fingerprint density at radius 2 is 1.53 bits per heavy atom. The van der Waals surface area contributed by atoms with Crippen LogP contribution in [0, 0.1) is 10.1 Å². The van der Waals surface area contributed by atoms with Crippen LogP contribution in [-0.2, 0) is 4.79 Å². The highest BCUT2D eigenvalue weighted by Crippen LogP contribution is 2.22. The minimum Gasteiger partial charge on any atom is -0.332 e. The highest BCUT2D eigenvalue weighted by molar-refractivity contribution is 7.80. The molecule has 0 aliphatic rings. The van der Waals surface area contributed by atoms with Crippen LogP contribution in [-0.4, -0.2) is 27.0 Å². The number of non-ortho nitro benzene ring substituents is 1. The van der Waals surface area contributed by atoms with Crippen LogP contribution in [0.4, 0.5) is 17.1 Å². The quantitative estimate of drug-likeness (QED) is 0.300. The van der Waals surface area contributed by atoms with Gasteiger partial charge in [0.1, 0.15) is 0 Å². The van der Waals surface area contributed by atoms with Crippen molar-refractivity contribution in [2.24, 2.45) is 0 Å². The highest BCUT2D eigenvalue weighted by Gasteiger charge is 2.17. The number of amides is 2. The topological polar surface area (TPSA) is 125 Å². The molecule has 156 valence electrons. The molecule has 0 aliphatic heterocycles. The third-order valence-corrected chi connectivity index (χ3v) is 4.34. The third-order valence-electron chi connectivity index (χ3n) is 3.61. The van der Waals surface area contributed by atoms with Crippen LogP contribution in [0.25, 0.3) is 0 Å². The molecule has 0 bridgehead atoms. The first-order chi connectivity index (χ1) is 14.2. The number of nitrogens with one attached hydrogen (secondary N) is 4. The molecule has 2 rings (SSSR count). The molecule has 0 aromatic heterocycles. The van der Waals surface area contributed by atoms with Gasteiger partial charge in [-0.15, -0.1) is 0 Å². The molecular weight excluding hydrogens is 450 g/mol. The van der Waals surface area contributed by atoms with E-state index in [1.54, 1.807) is 31.2 Å². The van der Waals surface area contributed by atoms with Crippen molar-refractivity contribution in [1.82, 2.24) is 10.6 Å². The fourth-order valence-corrected chi connectivity index (χ4v) is 2.79. The molecule has 0 fully saturated rings. The molecular formula is C18H16ClN5O4S2. The Kier molecular flexibility index (Phi) is 8.16. The van der Waals surface area contributed by atoms with E-state index in [2.05, 4.69) is 21.3 Å². The van der Waals surface area contributed by atoms with Crippen LogP contribution in [0.1, 0.15) is 23.7 Å². The number of hydrogen-bond donors (Lipinski definition) is 4. The van der Waals surface area contributed by atoms with Gasteiger partial charge in [0.15, 0.2) is 10.2 Å². The number of thiocarbonyl (C=S) groups is 2. The highest BCUT2D eigenvalue weighted by atomic mass is 35.5. The molecule has 9 nitrogen and oxygen atoms in total. The van der Waals surface area contributed by atoms with Crippen LogP contribution < -0.4 is 21.3 Å². The van der Waals surface area contributed by atoms with Crippen LogP contribution in [0.15, 0.2) is 42.5 Å². The number of anilines is 2. The van der Waals surface area contributed by atoms with E-state index in [0.29, 0.717) is 17.8 Å². The monoisotopic (exact) mass is 465 g/mol. The molecule has 2 aromatic carbocycles. The zero-order valence-corrected chi connectivity index (χ0v) is 17.9. The van der Waals surface area contributed by atoms with Gasteiger partial charge in [-0.05, 0) is 54.8 Å². The van der Waals surface area contributed by atoms with Gasteiger partial charge in [0.05, 0.1) is 15.5 Å². The van der Waals surface area contributed by atoms with Crippen molar-refractivity contribution < 1.29 is 14.5 Å². The second-order valence-electron chi connectivity index (χ2n) is 5.76. The van der Waals surface area contributed by atoms with Crippen LogP contribution in [0.3, 0.4) is 0 Å². The minimum atomic E-state index is -0.684. The summed E-state index contributed by atoms with van der Waals surface area (Å²) < 4.78 is 0. The molecule has 0 saturated carbocycles. The van der Waals surface area contributed by atoms with E-state index in [1.807, 2.05) is 0 Å². The lowest BCUT2D eigenvalue weighted by Crippen LogP contribution is -2.34. The number of nitrogens with zero attached hydrogens (tertiary/aromatic N) is 1. The third kappa shape index (κ3) is 6.72. The standard InChI is InChI=1S/C18H16ClN5O4S2/c1-2-15(25)22-17(29)20-10-3-5-11(6-4-10)21-18(30)23-16(26)13-9-12(24(27)28)7-8-14(13)19/h3-9H,2H2,1H3,(H2,20,22,25,29)(H2,21,23,26,30). The lowest BCUT2D eigenvalue weighted by atomic mass is 10.2. The molecule has 2 amide bonds. The van der Waals surface area contributed by atoms with Crippen molar-refractivity contribution in [3.63, 3.8) is 0 Å². The van der Waals surface area contributed by atoms with Gasteiger partial charge in [0.25, 0.3) is 11.6 Å². The number of hydrogen-bond acceptors (Lipinski definition) is 6. The maximum atomic E-state index is 12.3. The fourth-order valence-electron chi connectivity index (χ4n) is 2.15. The summed E-state index contributed by atoms with van der Waals surface area (Å²) in [5.74, 6) is -0.882. The Labute approximate surface area is 187 Å². The minimum absolute atomic E-state index is 0.0194.